The highest BCUT2D eigenvalue weighted by molar-refractivity contribution is 5.94. The fraction of sp³-hybridized carbons (Fsp3) is 0.258. The van der Waals surface area contributed by atoms with Crippen LogP contribution < -0.4 is 0 Å². The van der Waals surface area contributed by atoms with Crippen molar-refractivity contribution in [1.29, 1.82) is 0 Å². The molecule has 0 fully saturated rings. The summed E-state index contributed by atoms with van der Waals surface area (Å²) in [6, 6.07) is 15.3. The lowest BCUT2D eigenvalue weighted by molar-refractivity contribution is 0.0696. The highest BCUT2D eigenvalue weighted by Crippen LogP contribution is 2.36. The van der Waals surface area contributed by atoms with Crippen molar-refractivity contribution in [2.75, 3.05) is 0 Å². The number of hydrogen-bond donors (Lipinski definition) is 1. The number of fused-ring (bicyclic) bond motifs is 2. The summed E-state index contributed by atoms with van der Waals surface area (Å²) in [6.07, 6.45) is 4.72. The number of carboxylic acids is 1. The van der Waals surface area contributed by atoms with E-state index in [1.807, 2.05) is 47.7 Å². The number of carbonyl (C=O) groups is 1. The Bertz CT molecular complexity index is 1910. The second kappa shape index (κ2) is 9.75. The third-order valence-corrected chi connectivity index (χ3v) is 7.40. The maximum atomic E-state index is 11.4. The summed E-state index contributed by atoms with van der Waals surface area (Å²) in [6.45, 7) is 9.14. The van der Waals surface area contributed by atoms with E-state index in [4.69, 9.17) is 15.2 Å². The lowest BCUT2D eigenvalue weighted by atomic mass is 9.95. The molecule has 0 amide bonds. The molecule has 0 unspecified atom stereocenters. The van der Waals surface area contributed by atoms with Crippen LogP contribution in [0.2, 0.25) is 0 Å². The minimum absolute atomic E-state index is 0.256. The molecule has 0 saturated heterocycles. The summed E-state index contributed by atoms with van der Waals surface area (Å²) < 4.78 is 5.73. The fourth-order valence-electron chi connectivity index (χ4n) is 5.52. The van der Waals surface area contributed by atoms with Gasteiger partial charge < -0.3 is 5.11 Å². The molecule has 9 nitrogen and oxygen atoms in total. The molecule has 0 spiro atoms. The lowest BCUT2D eigenvalue weighted by Crippen LogP contribution is -2.04. The van der Waals surface area contributed by atoms with Crippen molar-refractivity contribution in [2.45, 2.75) is 46.6 Å². The van der Waals surface area contributed by atoms with Gasteiger partial charge in [0.25, 0.3) is 0 Å². The fourth-order valence-corrected chi connectivity index (χ4v) is 5.52. The second-order valence-electron chi connectivity index (χ2n) is 10.6. The zero-order valence-corrected chi connectivity index (χ0v) is 23.3. The number of nitrogens with zero attached hydrogens (tertiary/aromatic N) is 7. The molecule has 4 aromatic heterocycles. The Hall–Kier alpha value is -4.79. The Labute approximate surface area is 231 Å². The van der Waals surface area contributed by atoms with Gasteiger partial charge in [0, 0.05) is 53.6 Å². The first kappa shape index (κ1) is 25.5. The van der Waals surface area contributed by atoms with E-state index in [1.165, 1.54) is 5.56 Å². The van der Waals surface area contributed by atoms with E-state index >= 15 is 0 Å². The molecule has 0 radical (unpaired) electrons. The van der Waals surface area contributed by atoms with Crippen LogP contribution in [0.25, 0.3) is 38.9 Å². The van der Waals surface area contributed by atoms with Crippen molar-refractivity contribution in [3.8, 4) is 16.9 Å². The van der Waals surface area contributed by atoms with E-state index in [9.17, 15) is 9.90 Å². The Kier molecular flexibility index (Phi) is 6.21. The first-order chi connectivity index (χ1) is 19.2. The monoisotopic (exact) mass is 533 g/mol. The molecule has 0 saturated carbocycles. The third-order valence-electron chi connectivity index (χ3n) is 7.40. The van der Waals surface area contributed by atoms with E-state index in [-0.39, 0.29) is 5.92 Å². The van der Waals surface area contributed by atoms with Crippen LogP contribution in [0.3, 0.4) is 0 Å². The van der Waals surface area contributed by atoms with Gasteiger partial charge in [-0.2, -0.15) is 15.3 Å². The topological polar surface area (TPSA) is 104 Å². The minimum atomic E-state index is -0.918. The van der Waals surface area contributed by atoms with Gasteiger partial charge in [-0.3, -0.25) is 9.36 Å². The lowest BCUT2D eigenvalue weighted by Gasteiger charge is -2.10. The SMILES string of the molecule is Cc1nc2nn(C)cc2cc1-n1nc(-c2cccc3nn(CCc4cccc(C(=O)O)c4)cc23)c(C(C)C)c1C. The van der Waals surface area contributed by atoms with Crippen molar-refractivity contribution in [1.82, 2.24) is 34.3 Å². The first-order valence-corrected chi connectivity index (χ1v) is 13.4. The van der Waals surface area contributed by atoms with Gasteiger partial charge in [0.1, 0.15) is 0 Å². The smallest absolute Gasteiger partial charge is 0.335 e. The first-order valence-electron chi connectivity index (χ1n) is 13.4. The van der Waals surface area contributed by atoms with Crippen molar-refractivity contribution < 1.29 is 9.90 Å². The van der Waals surface area contributed by atoms with E-state index in [1.54, 1.807) is 22.9 Å². The highest BCUT2D eigenvalue weighted by Gasteiger charge is 2.23. The summed E-state index contributed by atoms with van der Waals surface area (Å²) in [5.74, 6) is -0.663. The van der Waals surface area contributed by atoms with Crippen molar-refractivity contribution in [2.24, 2.45) is 7.05 Å². The predicted molar refractivity (Wildman–Crippen MR) is 155 cm³/mol. The molecule has 6 rings (SSSR count). The normalized spacial score (nSPS) is 11.8. The van der Waals surface area contributed by atoms with Crippen LogP contribution in [-0.2, 0) is 20.0 Å². The van der Waals surface area contributed by atoms with Gasteiger partial charge in [-0.1, -0.05) is 38.1 Å². The van der Waals surface area contributed by atoms with Crippen LogP contribution in [0, 0.1) is 13.8 Å². The molecule has 202 valence electrons. The number of aryl methyl sites for hydroxylation is 4. The molecule has 0 atom stereocenters. The molecule has 40 heavy (non-hydrogen) atoms. The van der Waals surface area contributed by atoms with Crippen LogP contribution in [0.5, 0.6) is 0 Å². The van der Waals surface area contributed by atoms with E-state index in [0.717, 1.165) is 55.8 Å². The summed E-state index contributed by atoms with van der Waals surface area (Å²) >= 11 is 0. The van der Waals surface area contributed by atoms with Gasteiger partial charge in [-0.05, 0) is 56.0 Å². The zero-order valence-electron chi connectivity index (χ0n) is 23.3. The molecule has 0 aliphatic heterocycles. The predicted octanol–water partition coefficient (Wildman–Crippen LogP) is 5.85. The quantitative estimate of drug-likeness (QED) is 0.276. The maximum Gasteiger partial charge on any atom is 0.335 e. The number of rotatable bonds is 7. The van der Waals surface area contributed by atoms with Crippen LogP contribution in [-0.4, -0.2) is 45.4 Å². The van der Waals surface area contributed by atoms with Crippen molar-refractivity contribution in [3.05, 3.63) is 89.0 Å². The summed E-state index contributed by atoms with van der Waals surface area (Å²) in [5.41, 5.74) is 8.95. The average Bonchev–Trinajstić information content (AvgIpc) is 3.60. The molecular weight excluding hydrogens is 502 g/mol. The molecule has 0 bridgehead atoms. The molecule has 9 heteroatoms. The highest BCUT2D eigenvalue weighted by atomic mass is 16.4. The number of aromatic carboxylic acids is 1. The average molecular weight is 534 g/mol. The van der Waals surface area contributed by atoms with Crippen LogP contribution in [0.1, 0.15) is 52.6 Å². The van der Waals surface area contributed by atoms with Crippen LogP contribution >= 0.6 is 0 Å². The molecule has 6 aromatic rings. The summed E-state index contributed by atoms with van der Waals surface area (Å²) in [5, 5.41) is 25.8. The number of benzene rings is 2. The van der Waals surface area contributed by atoms with Crippen molar-refractivity contribution >= 4 is 27.9 Å². The number of aromatic nitrogens is 7. The van der Waals surface area contributed by atoms with E-state index < -0.39 is 5.97 Å². The number of pyridine rings is 1. The van der Waals surface area contributed by atoms with Crippen molar-refractivity contribution in [3.63, 3.8) is 0 Å². The Balaban J connectivity index is 1.41. The Morgan fingerprint density at radius 3 is 2.58 bits per heavy atom. The van der Waals surface area contributed by atoms with Crippen LogP contribution in [0.4, 0.5) is 0 Å². The molecule has 1 N–H and O–H groups in total. The Morgan fingerprint density at radius 1 is 1.00 bits per heavy atom. The van der Waals surface area contributed by atoms with Crippen LogP contribution in [0.15, 0.2) is 60.9 Å². The van der Waals surface area contributed by atoms with Gasteiger partial charge in [0.2, 0.25) is 0 Å². The van der Waals surface area contributed by atoms with Gasteiger partial charge in [-0.25, -0.2) is 14.5 Å². The van der Waals surface area contributed by atoms with E-state index in [0.29, 0.717) is 18.5 Å². The molecular formula is C31H31N7O2. The summed E-state index contributed by atoms with van der Waals surface area (Å²) in [7, 11) is 1.90. The van der Waals surface area contributed by atoms with Gasteiger partial charge >= 0.3 is 5.97 Å². The number of hydrogen-bond acceptors (Lipinski definition) is 5. The molecule has 4 heterocycles. The zero-order chi connectivity index (χ0) is 28.1. The molecule has 2 aromatic carbocycles. The van der Waals surface area contributed by atoms with Gasteiger partial charge in [0.15, 0.2) is 5.65 Å². The minimum Gasteiger partial charge on any atom is -0.478 e. The molecule has 0 aliphatic carbocycles. The second-order valence-corrected chi connectivity index (χ2v) is 10.6. The molecule has 0 aliphatic rings. The standard InChI is InChI=1S/C31H31N7O2/c1-18(2)28-20(4)38(27-15-23-16-36(5)35-30(23)32-19(27)3)34-29(28)24-10-7-11-26-25(24)17-37(33-26)13-12-21-8-6-9-22(14-21)31(39)40/h6-11,14-18H,12-13H2,1-5H3,(H,39,40). The van der Waals surface area contributed by atoms with Gasteiger partial charge in [0.05, 0.1) is 28.2 Å². The Morgan fingerprint density at radius 2 is 1.80 bits per heavy atom. The van der Waals surface area contributed by atoms with E-state index in [2.05, 4.69) is 44.2 Å². The summed E-state index contributed by atoms with van der Waals surface area (Å²) in [4.78, 5) is 16.1. The van der Waals surface area contributed by atoms with Gasteiger partial charge in [-0.15, -0.1) is 0 Å². The number of carboxylic acid groups (broad SMARTS) is 1. The third kappa shape index (κ3) is 4.43. The largest absolute Gasteiger partial charge is 0.478 e. The maximum absolute atomic E-state index is 11.4.